The minimum atomic E-state index is -0.446. The zero-order valence-electron chi connectivity index (χ0n) is 12.4. The zero-order valence-corrected chi connectivity index (χ0v) is 13.2. The van der Waals surface area contributed by atoms with E-state index in [2.05, 4.69) is 12.2 Å². The maximum absolute atomic E-state index is 12.2. The first-order valence-corrected chi connectivity index (χ1v) is 7.64. The molecule has 0 saturated carbocycles. The van der Waals surface area contributed by atoms with Gasteiger partial charge in [0.2, 0.25) is 0 Å². The molecule has 0 aliphatic rings. The molecule has 0 aliphatic carbocycles. The molecule has 1 amide bonds. The van der Waals surface area contributed by atoms with E-state index in [-0.39, 0.29) is 5.57 Å². The lowest BCUT2D eigenvalue weighted by Gasteiger charge is -2.08. The van der Waals surface area contributed by atoms with Crippen molar-refractivity contribution in [1.82, 2.24) is 0 Å². The molecule has 0 radical (unpaired) electrons. The van der Waals surface area contributed by atoms with Crippen LogP contribution in [0.3, 0.4) is 0 Å². The van der Waals surface area contributed by atoms with Crippen LogP contribution >= 0.6 is 11.3 Å². The lowest BCUT2D eigenvalue weighted by molar-refractivity contribution is -0.112. The summed E-state index contributed by atoms with van der Waals surface area (Å²) in [5, 5.41) is 11.9. The molecule has 0 bridgehead atoms. The number of benzene rings is 1. The van der Waals surface area contributed by atoms with Crippen LogP contribution in [0.1, 0.15) is 16.7 Å². The molecule has 0 fully saturated rings. The number of ether oxygens (including phenoxy) is 1. The van der Waals surface area contributed by atoms with Gasteiger partial charge in [-0.25, -0.2) is 0 Å². The number of thiophene rings is 1. The molecule has 1 heterocycles. The van der Waals surface area contributed by atoms with Gasteiger partial charge in [-0.2, -0.15) is 5.26 Å². The third-order valence-electron chi connectivity index (χ3n) is 3.04. The van der Waals surface area contributed by atoms with Crippen LogP contribution in [-0.4, -0.2) is 13.0 Å². The minimum Gasteiger partial charge on any atom is -0.495 e. The average Bonchev–Trinajstić information content (AvgIpc) is 3.00. The molecule has 0 saturated heterocycles. The molecular formula is C17H16N2O2S. The van der Waals surface area contributed by atoms with Gasteiger partial charge in [-0.1, -0.05) is 19.1 Å². The molecule has 1 aromatic heterocycles. The van der Waals surface area contributed by atoms with Crippen molar-refractivity contribution in [2.24, 2.45) is 0 Å². The second-order valence-corrected chi connectivity index (χ2v) is 5.68. The second-order valence-electron chi connectivity index (χ2n) is 4.48. The number of anilines is 1. The molecule has 112 valence electrons. The summed E-state index contributed by atoms with van der Waals surface area (Å²) in [7, 11) is 1.53. The Balaban J connectivity index is 2.20. The quantitative estimate of drug-likeness (QED) is 0.673. The second kappa shape index (κ2) is 7.43. The van der Waals surface area contributed by atoms with Crippen LogP contribution in [0.4, 0.5) is 5.69 Å². The van der Waals surface area contributed by atoms with Gasteiger partial charge in [0.1, 0.15) is 17.4 Å². The zero-order chi connectivity index (χ0) is 15.9. The van der Waals surface area contributed by atoms with E-state index in [0.717, 1.165) is 11.3 Å². The fourth-order valence-electron chi connectivity index (χ4n) is 1.89. The number of para-hydroxylation sites is 2. The van der Waals surface area contributed by atoms with Gasteiger partial charge >= 0.3 is 0 Å². The summed E-state index contributed by atoms with van der Waals surface area (Å²) in [6, 6.07) is 12.9. The Morgan fingerprint density at radius 3 is 2.77 bits per heavy atom. The van der Waals surface area contributed by atoms with E-state index in [1.165, 1.54) is 12.0 Å². The molecule has 2 rings (SSSR count). The van der Waals surface area contributed by atoms with Crippen molar-refractivity contribution in [2.45, 2.75) is 13.3 Å². The lowest BCUT2D eigenvalue weighted by Crippen LogP contribution is -2.14. The van der Waals surface area contributed by atoms with E-state index in [1.54, 1.807) is 35.6 Å². The molecule has 22 heavy (non-hydrogen) atoms. The summed E-state index contributed by atoms with van der Waals surface area (Å²) < 4.78 is 5.18. The number of carbonyl (C=O) groups excluding carboxylic acids is 1. The molecule has 0 aliphatic heterocycles. The van der Waals surface area contributed by atoms with E-state index in [9.17, 15) is 10.1 Å². The van der Waals surface area contributed by atoms with E-state index in [4.69, 9.17) is 4.74 Å². The van der Waals surface area contributed by atoms with Crippen molar-refractivity contribution >= 4 is 29.0 Å². The summed E-state index contributed by atoms with van der Waals surface area (Å²) in [5.74, 6) is 0.107. The number of aryl methyl sites for hydroxylation is 1. The lowest BCUT2D eigenvalue weighted by atomic mass is 10.2. The molecule has 0 unspecified atom stereocenters. The SMILES string of the molecule is CCc1ccc(C=C(C#N)C(=O)Nc2ccccc2OC)s1. The summed E-state index contributed by atoms with van der Waals surface area (Å²) in [6.45, 7) is 2.07. The minimum absolute atomic E-state index is 0.0652. The highest BCUT2D eigenvalue weighted by Crippen LogP contribution is 2.24. The van der Waals surface area contributed by atoms with Crippen molar-refractivity contribution in [3.63, 3.8) is 0 Å². The van der Waals surface area contributed by atoms with Gasteiger partial charge in [-0.3, -0.25) is 4.79 Å². The number of methoxy groups -OCH3 is 1. The largest absolute Gasteiger partial charge is 0.495 e. The third kappa shape index (κ3) is 3.74. The number of hydrogen-bond acceptors (Lipinski definition) is 4. The number of nitrogens with zero attached hydrogens (tertiary/aromatic N) is 1. The van der Waals surface area contributed by atoms with E-state index in [0.29, 0.717) is 11.4 Å². The van der Waals surface area contributed by atoms with Crippen molar-refractivity contribution < 1.29 is 9.53 Å². The molecule has 1 N–H and O–H groups in total. The number of amides is 1. The predicted octanol–water partition coefficient (Wildman–Crippen LogP) is 3.86. The summed E-state index contributed by atoms with van der Waals surface area (Å²) in [4.78, 5) is 14.3. The molecule has 2 aromatic rings. The average molecular weight is 312 g/mol. The van der Waals surface area contributed by atoms with E-state index < -0.39 is 5.91 Å². The van der Waals surface area contributed by atoms with Gasteiger partial charge in [0.25, 0.3) is 5.91 Å². The Morgan fingerprint density at radius 2 is 2.14 bits per heavy atom. The van der Waals surface area contributed by atoms with Crippen LogP contribution in [0.25, 0.3) is 6.08 Å². The Kier molecular flexibility index (Phi) is 5.34. The van der Waals surface area contributed by atoms with Gasteiger partial charge in [0.15, 0.2) is 0 Å². The number of nitriles is 1. The maximum Gasteiger partial charge on any atom is 0.266 e. The normalized spacial score (nSPS) is 10.9. The van der Waals surface area contributed by atoms with Crippen molar-refractivity contribution in [1.29, 1.82) is 5.26 Å². The van der Waals surface area contributed by atoms with Gasteiger partial charge in [0.05, 0.1) is 12.8 Å². The van der Waals surface area contributed by atoms with Crippen LogP contribution < -0.4 is 10.1 Å². The predicted molar refractivity (Wildman–Crippen MR) is 88.9 cm³/mol. The van der Waals surface area contributed by atoms with Gasteiger partial charge in [-0.15, -0.1) is 11.3 Å². The number of hydrogen-bond donors (Lipinski definition) is 1. The highest BCUT2D eigenvalue weighted by molar-refractivity contribution is 7.12. The monoisotopic (exact) mass is 312 g/mol. The first-order valence-electron chi connectivity index (χ1n) is 6.82. The van der Waals surface area contributed by atoms with Crippen molar-refractivity contribution in [2.75, 3.05) is 12.4 Å². The summed E-state index contributed by atoms with van der Waals surface area (Å²) in [5.41, 5.74) is 0.604. The smallest absolute Gasteiger partial charge is 0.266 e. The first kappa shape index (κ1) is 15.8. The van der Waals surface area contributed by atoms with E-state index >= 15 is 0 Å². The maximum atomic E-state index is 12.2. The molecule has 0 spiro atoms. The van der Waals surface area contributed by atoms with E-state index in [1.807, 2.05) is 24.3 Å². The van der Waals surface area contributed by atoms with Crippen molar-refractivity contribution in [3.05, 3.63) is 51.7 Å². The topological polar surface area (TPSA) is 62.1 Å². The summed E-state index contributed by atoms with van der Waals surface area (Å²) in [6.07, 6.45) is 2.54. The van der Waals surface area contributed by atoms with Gasteiger partial charge < -0.3 is 10.1 Å². The highest BCUT2D eigenvalue weighted by Gasteiger charge is 2.12. The van der Waals surface area contributed by atoms with Crippen LogP contribution in [-0.2, 0) is 11.2 Å². The van der Waals surface area contributed by atoms with Gasteiger partial charge in [-0.05, 0) is 36.8 Å². The fraction of sp³-hybridized carbons (Fsp3) is 0.176. The Bertz CT molecular complexity index is 741. The molecule has 0 atom stereocenters. The standard InChI is InChI=1S/C17H16N2O2S/c1-3-13-8-9-14(22-13)10-12(11-18)17(20)19-15-6-4-5-7-16(15)21-2/h4-10H,3H2,1-2H3,(H,19,20). The third-order valence-corrected chi connectivity index (χ3v) is 4.21. The Hall–Kier alpha value is -2.58. The first-order chi connectivity index (χ1) is 10.7. The fourth-order valence-corrected chi connectivity index (χ4v) is 2.79. The molecule has 4 nitrogen and oxygen atoms in total. The van der Waals surface area contributed by atoms with Crippen LogP contribution in [0.15, 0.2) is 42.0 Å². The number of nitrogens with one attached hydrogen (secondary N) is 1. The van der Waals surface area contributed by atoms with Crippen LogP contribution in [0.2, 0.25) is 0 Å². The molecule has 1 aromatic carbocycles. The summed E-state index contributed by atoms with van der Waals surface area (Å²) >= 11 is 1.58. The van der Waals surface area contributed by atoms with Gasteiger partial charge in [0, 0.05) is 9.75 Å². The Morgan fingerprint density at radius 1 is 1.36 bits per heavy atom. The van der Waals surface area contributed by atoms with Crippen LogP contribution in [0, 0.1) is 11.3 Å². The highest BCUT2D eigenvalue weighted by atomic mass is 32.1. The van der Waals surface area contributed by atoms with Crippen molar-refractivity contribution in [3.8, 4) is 11.8 Å². The number of carbonyl (C=O) groups is 1. The molecular weight excluding hydrogens is 296 g/mol. The molecule has 5 heteroatoms. The number of rotatable bonds is 5. The van der Waals surface area contributed by atoms with Crippen LogP contribution in [0.5, 0.6) is 5.75 Å². The Labute approximate surface area is 133 Å².